The van der Waals surface area contributed by atoms with Crippen molar-refractivity contribution >= 4 is 23.6 Å². The summed E-state index contributed by atoms with van der Waals surface area (Å²) in [7, 11) is 0. The smallest absolute Gasteiger partial charge is 0.302 e. The van der Waals surface area contributed by atoms with Crippen LogP contribution in [0, 0.1) is 0 Å². The van der Waals surface area contributed by atoms with Crippen LogP contribution in [0.1, 0.15) is 34.1 Å². The minimum absolute atomic E-state index is 0.0208. The number of Topliss-reactive ketones (excluding diaryl/α,β-unsaturated/α-hetero) is 1. The minimum Gasteiger partial charge on any atom is -0.465 e. The summed E-state index contributed by atoms with van der Waals surface area (Å²) in [5.74, 6) is -1.74. The van der Waals surface area contributed by atoms with Gasteiger partial charge >= 0.3 is 5.97 Å². The second-order valence-electron chi connectivity index (χ2n) is 4.37. The molecule has 0 fully saturated rings. The van der Waals surface area contributed by atoms with Crippen LogP contribution in [0.25, 0.3) is 0 Å². The van der Waals surface area contributed by atoms with Gasteiger partial charge in [0.1, 0.15) is 0 Å². The molecule has 6 nitrogen and oxygen atoms in total. The lowest BCUT2D eigenvalue weighted by atomic mass is 10.1. The van der Waals surface area contributed by atoms with Gasteiger partial charge in [0.25, 0.3) is 11.8 Å². The number of ether oxygens (including phenoxy) is 1. The number of hydrogen-bond donors (Lipinski definition) is 0. The molecule has 0 unspecified atom stereocenters. The monoisotopic (exact) mass is 275 g/mol. The van der Waals surface area contributed by atoms with Crippen molar-refractivity contribution < 1.29 is 23.9 Å². The van der Waals surface area contributed by atoms with Crippen molar-refractivity contribution in [1.29, 1.82) is 0 Å². The fourth-order valence-corrected chi connectivity index (χ4v) is 1.95. The van der Waals surface area contributed by atoms with E-state index in [1.54, 1.807) is 24.3 Å². The predicted octanol–water partition coefficient (Wildman–Crippen LogP) is 0.805. The number of imide groups is 1. The van der Waals surface area contributed by atoms with E-state index in [0.29, 0.717) is 11.1 Å². The summed E-state index contributed by atoms with van der Waals surface area (Å²) in [6.07, 6.45) is -0.0208. The van der Waals surface area contributed by atoms with Crippen LogP contribution in [0.5, 0.6) is 0 Å². The van der Waals surface area contributed by atoms with Gasteiger partial charge in [-0.2, -0.15) is 0 Å². The van der Waals surface area contributed by atoms with Crippen molar-refractivity contribution in [2.75, 3.05) is 13.2 Å². The van der Waals surface area contributed by atoms with Crippen molar-refractivity contribution in [1.82, 2.24) is 4.90 Å². The Morgan fingerprint density at radius 3 is 2.15 bits per heavy atom. The molecule has 0 aliphatic carbocycles. The van der Waals surface area contributed by atoms with Crippen LogP contribution in [0.15, 0.2) is 24.3 Å². The average molecular weight is 275 g/mol. The maximum Gasteiger partial charge on any atom is 0.302 e. The number of carbonyl (C=O) groups excluding carboxylic acids is 4. The second kappa shape index (κ2) is 5.64. The average Bonchev–Trinajstić information content (AvgIpc) is 2.64. The van der Waals surface area contributed by atoms with Gasteiger partial charge in [0, 0.05) is 13.3 Å². The van der Waals surface area contributed by atoms with E-state index in [9.17, 15) is 19.2 Å². The van der Waals surface area contributed by atoms with Gasteiger partial charge in [-0.1, -0.05) is 12.1 Å². The van der Waals surface area contributed by atoms with Crippen molar-refractivity contribution in [2.45, 2.75) is 13.3 Å². The molecule has 0 atom stereocenters. The van der Waals surface area contributed by atoms with Gasteiger partial charge in [-0.25, -0.2) is 0 Å². The fraction of sp³-hybridized carbons (Fsp3) is 0.286. The highest BCUT2D eigenvalue weighted by atomic mass is 16.5. The molecule has 0 spiro atoms. The Morgan fingerprint density at radius 2 is 1.65 bits per heavy atom. The van der Waals surface area contributed by atoms with E-state index >= 15 is 0 Å². The molecule has 0 saturated carbocycles. The number of amides is 2. The van der Waals surface area contributed by atoms with E-state index in [0.717, 1.165) is 4.90 Å². The molecule has 0 aromatic heterocycles. The summed E-state index contributed by atoms with van der Waals surface area (Å²) in [5, 5.41) is 0. The van der Waals surface area contributed by atoms with E-state index in [4.69, 9.17) is 0 Å². The topological polar surface area (TPSA) is 80.8 Å². The van der Waals surface area contributed by atoms with Crippen LogP contribution < -0.4 is 0 Å². The third kappa shape index (κ3) is 2.74. The summed E-state index contributed by atoms with van der Waals surface area (Å²) < 4.78 is 4.64. The molecule has 1 aromatic carbocycles. The Hall–Kier alpha value is -2.50. The predicted molar refractivity (Wildman–Crippen MR) is 68.1 cm³/mol. The number of benzene rings is 1. The molecule has 2 rings (SSSR count). The Morgan fingerprint density at radius 1 is 1.10 bits per heavy atom. The lowest BCUT2D eigenvalue weighted by molar-refractivity contribution is -0.141. The largest absolute Gasteiger partial charge is 0.465 e. The first kappa shape index (κ1) is 13.9. The van der Waals surface area contributed by atoms with E-state index in [-0.39, 0.29) is 25.4 Å². The molecule has 0 bridgehead atoms. The first-order valence-corrected chi connectivity index (χ1v) is 6.11. The quantitative estimate of drug-likeness (QED) is 0.586. The van der Waals surface area contributed by atoms with Crippen LogP contribution in [0.4, 0.5) is 0 Å². The molecule has 0 radical (unpaired) electrons. The highest BCUT2D eigenvalue weighted by Crippen LogP contribution is 2.22. The Balaban J connectivity index is 1.98. The van der Waals surface area contributed by atoms with Gasteiger partial charge in [0.15, 0.2) is 5.78 Å². The molecule has 0 N–H and O–H groups in total. The molecule has 6 heteroatoms. The van der Waals surface area contributed by atoms with Gasteiger partial charge in [-0.3, -0.25) is 24.1 Å². The lowest BCUT2D eigenvalue weighted by Gasteiger charge is -2.12. The van der Waals surface area contributed by atoms with Gasteiger partial charge in [-0.15, -0.1) is 0 Å². The van der Waals surface area contributed by atoms with Gasteiger partial charge < -0.3 is 4.74 Å². The highest BCUT2D eigenvalue weighted by molar-refractivity contribution is 6.22. The zero-order valence-electron chi connectivity index (χ0n) is 10.9. The first-order valence-electron chi connectivity index (χ1n) is 6.11. The second-order valence-corrected chi connectivity index (χ2v) is 4.37. The third-order valence-electron chi connectivity index (χ3n) is 2.90. The number of hydrogen-bond acceptors (Lipinski definition) is 5. The molecule has 1 aliphatic rings. The van der Waals surface area contributed by atoms with Crippen molar-refractivity contribution in [3.8, 4) is 0 Å². The fourth-order valence-electron chi connectivity index (χ4n) is 1.95. The van der Waals surface area contributed by atoms with E-state index in [1.165, 1.54) is 6.92 Å². The number of nitrogens with zero attached hydrogens (tertiary/aromatic N) is 1. The Kier molecular flexibility index (Phi) is 3.93. The molecule has 104 valence electrons. The minimum atomic E-state index is -0.474. The number of ketones is 1. The zero-order valence-corrected chi connectivity index (χ0v) is 10.9. The van der Waals surface area contributed by atoms with Gasteiger partial charge in [0.05, 0.1) is 24.3 Å². The van der Waals surface area contributed by atoms with Gasteiger partial charge in [0.2, 0.25) is 0 Å². The SMILES string of the molecule is CC(=O)OCCC(=O)CN1C(=O)c2ccccc2C1=O. The standard InChI is InChI=1S/C14H13NO5/c1-9(16)20-7-6-10(17)8-15-13(18)11-4-2-3-5-12(11)14(15)19/h2-5H,6-8H2,1H3. The van der Waals surface area contributed by atoms with E-state index < -0.39 is 17.8 Å². The molecule has 1 aromatic rings. The summed E-state index contributed by atoms with van der Waals surface area (Å²) in [6, 6.07) is 6.43. The highest BCUT2D eigenvalue weighted by Gasteiger charge is 2.35. The van der Waals surface area contributed by atoms with Crippen LogP contribution in [-0.2, 0) is 14.3 Å². The van der Waals surface area contributed by atoms with Crippen LogP contribution >= 0.6 is 0 Å². The van der Waals surface area contributed by atoms with E-state index in [1.807, 2.05) is 0 Å². The van der Waals surface area contributed by atoms with Crippen molar-refractivity contribution in [3.05, 3.63) is 35.4 Å². The molecule has 20 heavy (non-hydrogen) atoms. The van der Waals surface area contributed by atoms with Crippen molar-refractivity contribution in [3.63, 3.8) is 0 Å². The van der Waals surface area contributed by atoms with Crippen LogP contribution in [0.2, 0.25) is 0 Å². The van der Waals surface area contributed by atoms with Crippen LogP contribution in [0.3, 0.4) is 0 Å². The summed E-state index contributed by atoms with van der Waals surface area (Å²) in [6.45, 7) is 0.902. The van der Waals surface area contributed by atoms with Crippen molar-refractivity contribution in [2.24, 2.45) is 0 Å². The number of rotatable bonds is 5. The first-order chi connectivity index (χ1) is 9.50. The maximum absolute atomic E-state index is 12.0. The summed E-state index contributed by atoms with van der Waals surface area (Å²) >= 11 is 0. The molecule has 2 amide bonds. The number of carbonyl (C=O) groups is 4. The lowest BCUT2D eigenvalue weighted by Crippen LogP contribution is -2.35. The maximum atomic E-state index is 12.0. The summed E-state index contributed by atoms with van der Waals surface area (Å²) in [5.41, 5.74) is 0.621. The molecule has 1 aliphatic heterocycles. The molecule has 0 saturated heterocycles. The molecule has 1 heterocycles. The van der Waals surface area contributed by atoms with Gasteiger partial charge in [-0.05, 0) is 12.1 Å². The number of fused-ring (bicyclic) bond motifs is 1. The summed E-state index contributed by atoms with van der Waals surface area (Å²) in [4.78, 5) is 47.2. The normalized spacial score (nSPS) is 13.3. The number of esters is 1. The Labute approximate surface area is 115 Å². The zero-order chi connectivity index (χ0) is 14.7. The third-order valence-corrected chi connectivity index (χ3v) is 2.90. The van der Waals surface area contributed by atoms with E-state index in [2.05, 4.69) is 4.74 Å². The molecular formula is C14H13NO5. The molecular weight excluding hydrogens is 262 g/mol. The Bertz CT molecular complexity index is 558. The van der Waals surface area contributed by atoms with Crippen LogP contribution in [-0.4, -0.2) is 41.6 Å².